The maximum Gasteiger partial charge on any atom is 0.339 e. The van der Waals surface area contributed by atoms with Gasteiger partial charge in [-0.25, -0.2) is 9.31 Å². The first-order chi connectivity index (χ1) is 10.1. The molecule has 2 heterocycles. The highest BCUT2D eigenvalue weighted by atomic mass is 79.9. The number of aromatic nitrogens is 3. The number of halogens is 1. The van der Waals surface area contributed by atoms with Gasteiger partial charge >= 0.3 is 5.97 Å². The fourth-order valence-corrected chi connectivity index (χ4v) is 2.24. The summed E-state index contributed by atoms with van der Waals surface area (Å²) in [5.41, 5.74) is 1.02. The Balaban J connectivity index is 2.16. The van der Waals surface area contributed by atoms with E-state index in [9.17, 15) is 9.59 Å². The number of aromatic amines is 1. The minimum Gasteiger partial charge on any atom is -0.465 e. The van der Waals surface area contributed by atoms with E-state index in [2.05, 4.69) is 30.7 Å². The molecule has 1 aromatic carbocycles. The molecule has 3 rings (SSSR count). The first-order valence-electron chi connectivity index (χ1n) is 6.05. The van der Waals surface area contributed by atoms with E-state index in [1.54, 1.807) is 0 Å². The molecular formula is C14H10BrN3O3. The first-order valence-corrected chi connectivity index (χ1v) is 6.85. The Bertz CT molecular complexity index is 881. The van der Waals surface area contributed by atoms with E-state index < -0.39 is 5.97 Å². The summed E-state index contributed by atoms with van der Waals surface area (Å²) in [5, 5.41) is 4.31. The van der Waals surface area contributed by atoms with Crippen molar-refractivity contribution in [3.63, 3.8) is 0 Å². The molecule has 3 aromatic rings. The number of nitrogens with zero attached hydrogens (tertiary/aromatic N) is 2. The van der Waals surface area contributed by atoms with Crippen molar-refractivity contribution < 1.29 is 9.53 Å². The van der Waals surface area contributed by atoms with E-state index in [0.29, 0.717) is 5.82 Å². The number of rotatable bonds is 2. The third-order valence-corrected chi connectivity index (χ3v) is 3.54. The van der Waals surface area contributed by atoms with Crippen molar-refractivity contribution in [3.8, 4) is 11.4 Å². The summed E-state index contributed by atoms with van der Waals surface area (Å²) < 4.78 is 6.95. The largest absolute Gasteiger partial charge is 0.465 e. The maximum atomic E-state index is 12.1. The van der Waals surface area contributed by atoms with Crippen LogP contribution < -0.4 is 5.56 Å². The molecule has 7 heteroatoms. The molecule has 0 saturated heterocycles. The number of carbonyl (C=O) groups is 1. The second-order valence-electron chi connectivity index (χ2n) is 4.36. The molecule has 0 bridgehead atoms. The van der Waals surface area contributed by atoms with Gasteiger partial charge in [-0.2, -0.15) is 0 Å². The van der Waals surface area contributed by atoms with Gasteiger partial charge in [0, 0.05) is 16.2 Å². The van der Waals surface area contributed by atoms with E-state index >= 15 is 0 Å². The quantitative estimate of drug-likeness (QED) is 0.721. The van der Waals surface area contributed by atoms with Crippen LogP contribution in [-0.4, -0.2) is 27.7 Å². The van der Waals surface area contributed by atoms with Crippen molar-refractivity contribution in [1.29, 1.82) is 0 Å². The lowest BCUT2D eigenvalue weighted by Crippen LogP contribution is -2.12. The molecule has 21 heavy (non-hydrogen) atoms. The van der Waals surface area contributed by atoms with E-state index in [0.717, 1.165) is 10.0 Å². The monoisotopic (exact) mass is 347 g/mol. The van der Waals surface area contributed by atoms with Crippen LogP contribution in [0.1, 0.15) is 10.4 Å². The lowest BCUT2D eigenvalue weighted by atomic mass is 10.2. The number of benzene rings is 1. The number of carbonyl (C=O) groups excluding carboxylic acids is 1. The molecule has 0 fully saturated rings. The van der Waals surface area contributed by atoms with E-state index in [1.165, 1.54) is 23.9 Å². The molecular weight excluding hydrogens is 338 g/mol. The first kappa shape index (κ1) is 13.6. The SMILES string of the molecule is COC(=O)c1cc2c(=O)[nH]c(-c3ccc(Br)cc3)nn2c1. The van der Waals surface area contributed by atoms with Crippen molar-refractivity contribution in [2.24, 2.45) is 0 Å². The van der Waals surface area contributed by atoms with Gasteiger partial charge in [0.05, 0.1) is 12.7 Å². The number of hydrogen-bond acceptors (Lipinski definition) is 4. The van der Waals surface area contributed by atoms with Crippen LogP contribution >= 0.6 is 15.9 Å². The fraction of sp³-hybridized carbons (Fsp3) is 0.0714. The van der Waals surface area contributed by atoms with Crippen LogP contribution in [0.2, 0.25) is 0 Å². The third-order valence-electron chi connectivity index (χ3n) is 3.01. The zero-order valence-corrected chi connectivity index (χ0v) is 12.5. The summed E-state index contributed by atoms with van der Waals surface area (Å²) in [4.78, 5) is 26.3. The standard InChI is InChI=1S/C14H10BrN3O3/c1-21-14(20)9-6-11-13(19)16-12(17-18(11)7-9)8-2-4-10(15)5-3-8/h2-7H,1H3,(H,16,17,19). The van der Waals surface area contributed by atoms with Crippen LogP contribution in [0, 0.1) is 0 Å². The Kier molecular flexibility index (Phi) is 3.34. The Morgan fingerprint density at radius 3 is 2.71 bits per heavy atom. The smallest absolute Gasteiger partial charge is 0.339 e. The number of hydrogen-bond donors (Lipinski definition) is 1. The minimum absolute atomic E-state index is 0.281. The topological polar surface area (TPSA) is 76.5 Å². The molecule has 0 atom stereocenters. The highest BCUT2D eigenvalue weighted by Gasteiger charge is 2.13. The van der Waals surface area contributed by atoms with Gasteiger partial charge in [-0.1, -0.05) is 28.1 Å². The summed E-state index contributed by atoms with van der Waals surface area (Å²) in [5.74, 6) is -0.0860. The van der Waals surface area contributed by atoms with Crippen LogP contribution in [0.15, 0.2) is 45.8 Å². The van der Waals surface area contributed by atoms with Gasteiger partial charge in [0.1, 0.15) is 5.52 Å². The second kappa shape index (κ2) is 5.17. The normalized spacial score (nSPS) is 10.8. The molecule has 0 aliphatic rings. The molecule has 0 aliphatic heterocycles. The fourth-order valence-electron chi connectivity index (χ4n) is 1.98. The van der Waals surface area contributed by atoms with Crippen LogP contribution in [0.5, 0.6) is 0 Å². The Labute approximate surface area is 127 Å². The van der Waals surface area contributed by atoms with E-state index in [4.69, 9.17) is 0 Å². The van der Waals surface area contributed by atoms with Crippen molar-refractivity contribution in [1.82, 2.24) is 14.6 Å². The summed E-state index contributed by atoms with van der Waals surface area (Å²) in [6.07, 6.45) is 1.47. The molecule has 1 N–H and O–H groups in total. The van der Waals surface area contributed by atoms with Gasteiger partial charge in [-0.05, 0) is 18.2 Å². The molecule has 0 amide bonds. The van der Waals surface area contributed by atoms with Gasteiger partial charge in [-0.3, -0.25) is 4.79 Å². The predicted octanol–water partition coefficient (Wildman–Crippen LogP) is 2.24. The predicted molar refractivity (Wildman–Crippen MR) is 80.3 cm³/mol. The maximum absolute atomic E-state index is 12.1. The number of nitrogens with one attached hydrogen (secondary N) is 1. The van der Waals surface area contributed by atoms with Crippen molar-refractivity contribution >= 4 is 27.4 Å². The van der Waals surface area contributed by atoms with Gasteiger partial charge < -0.3 is 9.72 Å². The number of esters is 1. The average Bonchev–Trinajstić information content (AvgIpc) is 2.92. The Morgan fingerprint density at radius 1 is 1.33 bits per heavy atom. The van der Waals surface area contributed by atoms with Crippen LogP contribution in [0.3, 0.4) is 0 Å². The van der Waals surface area contributed by atoms with E-state index in [-0.39, 0.29) is 16.6 Å². The number of H-pyrrole nitrogens is 1. The minimum atomic E-state index is -0.509. The molecule has 106 valence electrons. The Morgan fingerprint density at radius 2 is 2.05 bits per heavy atom. The molecule has 0 radical (unpaired) electrons. The molecule has 0 unspecified atom stereocenters. The molecule has 0 aliphatic carbocycles. The summed E-state index contributed by atoms with van der Waals surface area (Å²) in [6.45, 7) is 0. The lowest BCUT2D eigenvalue weighted by molar-refractivity contribution is 0.0601. The highest BCUT2D eigenvalue weighted by molar-refractivity contribution is 9.10. The van der Waals surface area contributed by atoms with E-state index in [1.807, 2.05) is 24.3 Å². The molecule has 6 nitrogen and oxygen atoms in total. The number of methoxy groups -OCH3 is 1. The number of fused-ring (bicyclic) bond motifs is 1. The van der Waals surface area contributed by atoms with Crippen molar-refractivity contribution in [3.05, 3.63) is 56.9 Å². The van der Waals surface area contributed by atoms with Crippen LogP contribution in [-0.2, 0) is 4.74 Å². The van der Waals surface area contributed by atoms with Gasteiger partial charge in [0.2, 0.25) is 0 Å². The van der Waals surface area contributed by atoms with Gasteiger partial charge in [0.15, 0.2) is 5.82 Å². The average molecular weight is 348 g/mol. The van der Waals surface area contributed by atoms with Crippen LogP contribution in [0.25, 0.3) is 16.9 Å². The summed E-state index contributed by atoms with van der Waals surface area (Å²) in [6, 6.07) is 8.82. The highest BCUT2D eigenvalue weighted by Crippen LogP contribution is 2.18. The van der Waals surface area contributed by atoms with Gasteiger partial charge in [-0.15, -0.1) is 5.10 Å². The second-order valence-corrected chi connectivity index (χ2v) is 5.28. The summed E-state index contributed by atoms with van der Waals surface area (Å²) in [7, 11) is 1.29. The number of ether oxygens (including phenoxy) is 1. The molecule has 0 spiro atoms. The van der Waals surface area contributed by atoms with Crippen LogP contribution in [0.4, 0.5) is 0 Å². The van der Waals surface area contributed by atoms with Crippen molar-refractivity contribution in [2.75, 3.05) is 7.11 Å². The zero-order valence-electron chi connectivity index (χ0n) is 11.0. The van der Waals surface area contributed by atoms with Gasteiger partial charge in [0.25, 0.3) is 5.56 Å². The molecule has 0 saturated carbocycles. The van der Waals surface area contributed by atoms with Crippen molar-refractivity contribution in [2.45, 2.75) is 0 Å². The third kappa shape index (κ3) is 2.47. The molecule has 2 aromatic heterocycles. The zero-order chi connectivity index (χ0) is 15.0. The Hall–Kier alpha value is -2.41. The summed E-state index contributed by atoms with van der Waals surface area (Å²) >= 11 is 3.35. The lowest BCUT2D eigenvalue weighted by Gasteiger charge is -2.01.